The summed E-state index contributed by atoms with van der Waals surface area (Å²) in [6.45, 7) is 1.18. The van der Waals surface area contributed by atoms with E-state index < -0.39 is 11.7 Å². The Morgan fingerprint density at radius 1 is 1.25 bits per heavy atom. The van der Waals surface area contributed by atoms with Gasteiger partial charge in [0, 0.05) is 31.5 Å². The maximum Gasteiger partial charge on any atom is 0.418 e. The van der Waals surface area contributed by atoms with Crippen LogP contribution in [-0.4, -0.2) is 30.2 Å². The molecule has 0 aliphatic carbocycles. The van der Waals surface area contributed by atoms with E-state index in [0.717, 1.165) is 12.5 Å². The van der Waals surface area contributed by atoms with E-state index in [0.29, 0.717) is 19.1 Å². The van der Waals surface area contributed by atoms with Gasteiger partial charge in [-0.15, -0.1) is 0 Å². The molecular formula is C15H16ClF3N4O. The maximum absolute atomic E-state index is 13.1. The number of halogens is 4. The summed E-state index contributed by atoms with van der Waals surface area (Å²) in [4.78, 5) is 8.15. The van der Waals surface area contributed by atoms with Gasteiger partial charge >= 0.3 is 6.18 Å². The van der Waals surface area contributed by atoms with Gasteiger partial charge in [0.15, 0.2) is 0 Å². The topological polar surface area (TPSA) is 59.1 Å². The predicted molar refractivity (Wildman–Crippen MR) is 86.8 cm³/mol. The molecular weight excluding hydrogens is 345 g/mol. The van der Waals surface area contributed by atoms with Gasteiger partial charge in [0.1, 0.15) is 5.82 Å². The first-order chi connectivity index (χ1) is 11.4. The normalized spacial score (nSPS) is 11.4. The lowest BCUT2D eigenvalue weighted by molar-refractivity contribution is -0.136. The monoisotopic (exact) mass is 360 g/mol. The van der Waals surface area contributed by atoms with Gasteiger partial charge in [0.2, 0.25) is 5.95 Å². The first-order valence-corrected chi connectivity index (χ1v) is 7.47. The lowest BCUT2D eigenvalue weighted by Gasteiger charge is -2.15. The van der Waals surface area contributed by atoms with Crippen molar-refractivity contribution in [2.75, 3.05) is 30.9 Å². The molecule has 0 aliphatic rings. The van der Waals surface area contributed by atoms with Crippen LogP contribution in [0.3, 0.4) is 0 Å². The smallest absolute Gasteiger partial charge is 0.385 e. The van der Waals surface area contributed by atoms with Gasteiger partial charge in [-0.25, -0.2) is 4.98 Å². The van der Waals surface area contributed by atoms with Crippen LogP contribution in [0.25, 0.3) is 0 Å². The summed E-state index contributed by atoms with van der Waals surface area (Å²) in [7, 11) is 1.60. The van der Waals surface area contributed by atoms with Crippen molar-refractivity contribution in [1.82, 2.24) is 9.97 Å². The standard InChI is InChI=1S/C15H16ClF3N4O/c1-24-8-2-6-20-14-21-7-5-13(23-14)22-12-4-3-10(16)9-11(12)15(17,18)19/h3-5,7,9H,2,6,8H2,1H3,(H2,20,21,22,23). The molecule has 0 fully saturated rings. The molecule has 1 aromatic carbocycles. The SMILES string of the molecule is COCCCNc1nccc(Nc2ccc(Cl)cc2C(F)(F)F)n1. The second kappa shape index (κ2) is 8.16. The van der Waals surface area contributed by atoms with Crippen molar-refractivity contribution in [2.24, 2.45) is 0 Å². The number of benzene rings is 1. The number of rotatable bonds is 7. The van der Waals surface area contributed by atoms with Crippen molar-refractivity contribution in [3.05, 3.63) is 41.0 Å². The van der Waals surface area contributed by atoms with E-state index in [4.69, 9.17) is 16.3 Å². The Morgan fingerprint density at radius 2 is 2.04 bits per heavy atom. The molecule has 9 heteroatoms. The molecule has 0 bridgehead atoms. The van der Waals surface area contributed by atoms with E-state index in [1.54, 1.807) is 7.11 Å². The van der Waals surface area contributed by atoms with Gasteiger partial charge in [-0.1, -0.05) is 11.6 Å². The summed E-state index contributed by atoms with van der Waals surface area (Å²) in [6.07, 6.45) is -2.31. The Morgan fingerprint density at radius 3 is 2.75 bits per heavy atom. The zero-order valence-corrected chi connectivity index (χ0v) is 13.6. The minimum absolute atomic E-state index is 0.0102. The second-order valence-electron chi connectivity index (χ2n) is 4.85. The summed E-state index contributed by atoms with van der Waals surface area (Å²) >= 11 is 5.66. The van der Waals surface area contributed by atoms with Gasteiger partial charge < -0.3 is 15.4 Å². The lowest BCUT2D eigenvalue weighted by Crippen LogP contribution is -2.11. The van der Waals surface area contributed by atoms with Crippen LogP contribution in [0.5, 0.6) is 0 Å². The van der Waals surface area contributed by atoms with Crippen molar-refractivity contribution in [3.63, 3.8) is 0 Å². The predicted octanol–water partition coefficient (Wildman–Crippen LogP) is 4.34. The van der Waals surface area contributed by atoms with Crippen LogP contribution in [0.15, 0.2) is 30.5 Å². The Labute approximate surface area is 142 Å². The van der Waals surface area contributed by atoms with Crippen LogP contribution >= 0.6 is 11.6 Å². The number of hydrogen-bond acceptors (Lipinski definition) is 5. The van der Waals surface area contributed by atoms with Crippen LogP contribution in [0, 0.1) is 0 Å². The van der Waals surface area contributed by atoms with E-state index in [1.807, 2.05) is 0 Å². The van der Waals surface area contributed by atoms with Crippen molar-refractivity contribution in [1.29, 1.82) is 0 Å². The van der Waals surface area contributed by atoms with Crippen LogP contribution in [0.1, 0.15) is 12.0 Å². The summed E-state index contributed by atoms with van der Waals surface area (Å²) in [5.41, 5.74) is -0.987. The molecule has 0 amide bonds. The zero-order chi connectivity index (χ0) is 17.6. The number of alkyl halides is 3. The van der Waals surface area contributed by atoms with Crippen molar-refractivity contribution >= 4 is 29.1 Å². The average molecular weight is 361 g/mol. The number of anilines is 3. The molecule has 24 heavy (non-hydrogen) atoms. The maximum atomic E-state index is 13.1. The molecule has 2 aromatic rings. The average Bonchev–Trinajstić information content (AvgIpc) is 2.53. The summed E-state index contributed by atoms with van der Waals surface area (Å²) in [5, 5.41) is 5.64. The van der Waals surface area contributed by atoms with E-state index in [1.165, 1.54) is 24.4 Å². The van der Waals surface area contributed by atoms with Crippen LogP contribution < -0.4 is 10.6 Å². The lowest BCUT2D eigenvalue weighted by atomic mass is 10.1. The molecule has 0 saturated heterocycles. The molecule has 0 saturated carbocycles. The Bertz CT molecular complexity index is 682. The molecule has 5 nitrogen and oxygen atoms in total. The number of ether oxygens (including phenoxy) is 1. The van der Waals surface area contributed by atoms with Crippen LogP contribution in [0.2, 0.25) is 5.02 Å². The Kier molecular flexibility index (Phi) is 6.22. The highest BCUT2D eigenvalue weighted by Gasteiger charge is 2.33. The minimum Gasteiger partial charge on any atom is -0.385 e. The molecule has 1 aromatic heterocycles. The van der Waals surface area contributed by atoms with Gasteiger partial charge in [-0.2, -0.15) is 18.2 Å². The van der Waals surface area contributed by atoms with Crippen molar-refractivity contribution < 1.29 is 17.9 Å². The van der Waals surface area contributed by atoms with E-state index in [9.17, 15) is 13.2 Å². The van der Waals surface area contributed by atoms with Crippen molar-refractivity contribution in [2.45, 2.75) is 12.6 Å². The van der Waals surface area contributed by atoms with Gasteiger partial charge in [-0.3, -0.25) is 0 Å². The molecule has 130 valence electrons. The number of aromatic nitrogens is 2. The molecule has 1 heterocycles. The van der Waals surface area contributed by atoms with Gasteiger partial charge in [-0.05, 0) is 30.7 Å². The summed E-state index contributed by atoms with van der Waals surface area (Å²) in [5.74, 6) is 0.561. The van der Waals surface area contributed by atoms with Crippen LogP contribution in [-0.2, 0) is 10.9 Å². The number of nitrogens with one attached hydrogen (secondary N) is 2. The number of methoxy groups -OCH3 is 1. The fourth-order valence-corrected chi connectivity index (χ4v) is 2.10. The Hall–Kier alpha value is -2.06. The molecule has 2 N–H and O–H groups in total. The molecule has 0 unspecified atom stereocenters. The van der Waals surface area contributed by atoms with Crippen LogP contribution in [0.4, 0.5) is 30.6 Å². The van der Waals surface area contributed by atoms with Gasteiger partial charge in [0.05, 0.1) is 11.3 Å². The van der Waals surface area contributed by atoms with Crippen molar-refractivity contribution in [3.8, 4) is 0 Å². The molecule has 2 rings (SSSR count). The second-order valence-corrected chi connectivity index (χ2v) is 5.29. The summed E-state index contributed by atoms with van der Waals surface area (Å²) in [6, 6.07) is 4.99. The number of nitrogens with zero attached hydrogens (tertiary/aromatic N) is 2. The highest BCUT2D eigenvalue weighted by atomic mass is 35.5. The third kappa shape index (κ3) is 5.24. The molecule has 0 atom stereocenters. The highest BCUT2D eigenvalue weighted by Crippen LogP contribution is 2.37. The Balaban J connectivity index is 2.14. The fraction of sp³-hybridized carbons (Fsp3) is 0.333. The van der Waals surface area contributed by atoms with E-state index in [-0.39, 0.29) is 16.5 Å². The first kappa shape index (κ1) is 18.3. The minimum atomic E-state index is -4.53. The molecule has 0 aliphatic heterocycles. The quantitative estimate of drug-likeness (QED) is 0.719. The first-order valence-electron chi connectivity index (χ1n) is 7.10. The number of hydrogen-bond donors (Lipinski definition) is 2. The third-order valence-electron chi connectivity index (χ3n) is 3.01. The van der Waals surface area contributed by atoms with Gasteiger partial charge in [0.25, 0.3) is 0 Å². The largest absolute Gasteiger partial charge is 0.418 e. The molecule has 0 spiro atoms. The fourth-order valence-electron chi connectivity index (χ4n) is 1.93. The highest BCUT2D eigenvalue weighted by molar-refractivity contribution is 6.30. The van der Waals surface area contributed by atoms with E-state index in [2.05, 4.69) is 20.6 Å². The molecule has 0 radical (unpaired) electrons. The van der Waals surface area contributed by atoms with E-state index >= 15 is 0 Å². The summed E-state index contributed by atoms with van der Waals surface area (Å²) < 4.78 is 44.2. The third-order valence-corrected chi connectivity index (χ3v) is 3.25. The zero-order valence-electron chi connectivity index (χ0n) is 12.8.